The summed E-state index contributed by atoms with van der Waals surface area (Å²) in [6, 6.07) is 3.04. The minimum atomic E-state index is -0.264. The zero-order valence-corrected chi connectivity index (χ0v) is 11.1. The van der Waals surface area contributed by atoms with Gasteiger partial charge in [-0.3, -0.25) is 9.78 Å². The summed E-state index contributed by atoms with van der Waals surface area (Å²) < 4.78 is 0. The monoisotopic (exact) mass is 251 g/mol. The summed E-state index contributed by atoms with van der Waals surface area (Å²) in [5.41, 5.74) is 0.788. The lowest BCUT2D eigenvalue weighted by molar-refractivity contribution is -0.122. The Morgan fingerprint density at radius 3 is 2.67 bits per heavy atom. The summed E-state index contributed by atoms with van der Waals surface area (Å²) >= 11 is 0. The molecule has 18 heavy (non-hydrogen) atoms. The standard InChI is InChI=1S/C13H21N3O2/c1-9(2)6-16-13(18)10(3)14-7-11-4-5-12(17)8-15-11/h4-5,8-10,14,17H,6-7H2,1-3H3,(H,16,18). The Kier molecular flexibility index (Phi) is 5.58. The minimum absolute atomic E-state index is 0.0116. The first-order valence-corrected chi connectivity index (χ1v) is 6.14. The van der Waals surface area contributed by atoms with Gasteiger partial charge in [0.05, 0.1) is 17.9 Å². The maximum atomic E-state index is 11.7. The highest BCUT2D eigenvalue weighted by Crippen LogP contribution is 2.05. The summed E-state index contributed by atoms with van der Waals surface area (Å²) in [6.45, 7) is 7.10. The van der Waals surface area contributed by atoms with Crippen LogP contribution in [-0.2, 0) is 11.3 Å². The minimum Gasteiger partial charge on any atom is -0.506 e. The molecule has 1 amide bonds. The van der Waals surface area contributed by atoms with E-state index in [0.29, 0.717) is 19.0 Å². The number of amides is 1. The summed E-state index contributed by atoms with van der Waals surface area (Å²) in [5, 5.41) is 15.0. The van der Waals surface area contributed by atoms with Gasteiger partial charge in [0.1, 0.15) is 5.75 Å². The molecule has 1 rings (SSSR count). The number of nitrogens with zero attached hydrogens (tertiary/aromatic N) is 1. The van der Waals surface area contributed by atoms with E-state index >= 15 is 0 Å². The summed E-state index contributed by atoms with van der Waals surface area (Å²) in [4.78, 5) is 15.7. The predicted molar refractivity (Wildman–Crippen MR) is 70.1 cm³/mol. The molecule has 1 heterocycles. The first-order valence-electron chi connectivity index (χ1n) is 6.14. The normalized spacial score (nSPS) is 12.4. The third kappa shape index (κ3) is 5.14. The molecule has 100 valence electrons. The van der Waals surface area contributed by atoms with E-state index in [0.717, 1.165) is 5.69 Å². The van der Waals surface area contributed by atoms with Gasteiger partial charge in [-0.1, -0.05) is 13.8 Å². The fraction of sp³-hybridized carbons (Fsp3) is 0.538. The van der Waals surface area contributed by atoms with Crippen LogP contribution in [0.2, 0.25) is 0 Å². The largest absolute Gasteiger partial charge is 0.506 e. The van der Waals surface area contributed by atoms with Crippen molar-refractivity contribution >= 4 is 5.91 Å². The smallest absolute Gasteiger partial charge is 0.236 e. The van der Waals surface area contributed by atoms with E-state index < -0.39 is 0 Å². The van der Waals surface area contributed by atoms with E-state index in [1.165, 1.54) is 6.20 Å². The van der Waals surface area contributed by atoms with Crippen molar-refractivity contribution in [2.24, 2.45) is 5.92 Å². The van der Waals surface area contributed by atoms with Crippen molar-refractivity contribution in [3.63, 3.8) is 0 Å². The average Bonchev–Trinajstić information content (AvgIpc) is 2.34. The molecule has 0 aliphatic rings. The van der Waals surface area contributed by atoms with Gasteiger partial charge in [-0.25, -0.2) is 0 Å². The van der Waals surface area contributed by atoms with Gasteiger partial charge >= 0.3 is 0 Å². The molecule has 1 atom stereocenters. The molecular weight excluding hydrogens is 230 g/mol. The number of aromatic hydroxyl groups is 1. The second-order valence-corrected chi connectivity index (χ2v) is 4.75. The van der Waals surface area contributed by atoms with Crippen LogP contribution in [0, 0.1) is 5.92 Å². The SMILES string of the molecule is CC(C)CNC(=O)C(C)NCc1ccc(O)cn1. The number of aromatic nitrogens is 1. The Balaban J connectivity index is 2.34. The maximum absolute atomic E-state index is 11.7. The van der Waals surface area contributed by atoms with E-state index in [2.05, 4.69) is 29.5 Å². The molecule has 0 bridgehead atoms. The Bertz CT molecular complexity index is 376. The van der Waals surface area contributed by atoms with Crippen LogP contribution in [0.4, 0.5) is 0 Å². The number of nitrogens with one attached hydrogen (secondary N) is 2. The molecule has 0 aliphatic heterocycles. The summed E-state index contributed by atoms with van der Waals surface area (Å²) in [6.07, 6.45) is 1.39. The third-order valence-electron chi connectivity index (χ3n) is 2.48. The summed E-state index contributed by atoms with van der Waals surface area (Å²) in [5.74, 6) is 0.573. The highest BCUT2D eigenvalue weighted by molar-refractivity contribution is 5.81. The second-order valence-electron chi connectivity index (χ2n) is 4.75. The van der Waals surface area contributed by atoms with E-state index in [9.17, 15) is 4.79 Å². The molecular formula is C13H21N3O2. The van der Waals surface area contributed by atoms with Gasteiger partial charge in [-0.15, -0.1) is 0 Å². The molecule has 1 aromatic rings. The van der Waals surface area contributed by atoms with E-state index in [-0.39, 0.29) is 17.7 Å². The van der Waals surface area contributed by atoms with Crippen LogP contribution < -0.4 is 10.6 Å². The number of rotatable bonds is 6. The predicted octanol–water partition coefficient (Wildman–Crippen LogP) is 1.04. The lowest BCUT2D eigenvalue weighted by atomic mass is 10.2. The first kappa shape index (κ1) is 14.4. The quantitative estimate of drug-likeness (QED) is 0.706. The zero-order valence-electron chi connectivity index (χ0n) is 11.1. The number of carbonyl (C=O) groups is 1. The molecule has 0 aliphatic carbocycles. The Morgan fingerprint density at radius 1 is 1.39 bits per heavy atom. The molecule has 5 heteroatoms. The van der Waals surface area contributed by atoms with Gasteiger partial charge in [-0.2, -0.15) is 0 Å². The lowest BCUT2D eigenvalue weighted by Crippen LogP contribution is -2.43. The number of carbonyl (C=O) groups excluding carboxylic acids is 1. The van der Waals surface area contributed by atoms with Crippen LogP contribution in [0.15, 0.2) is 18.3 Å². The first-order chi connectivity index (χ1) is 8.49. The molecule has 0 radical (unpaired) electrons. The molecule has 3 N–H and O–H groups in total. The van der Waals surface area contributed by atoms with Crippen LogP contribution in [0.5, 0.6) is 5.75 Å². The topological polar surface area (TPSA) is 74.2 Å². The molecule has 0 saturated heterocycles. The Morgan fingerprint density at radius 2 is 2.11 bits per heavy atom. The average molecular weight is 251 g/mol. The summed E-state index contributed by atoms with van der Waals surface area (Å²) in [7, 11) is 0. The van der Waals surface area contributed by atoms with Crippen molar-refractivity contribution in [1.82, 2.24) is 15.6 Å². The van der Waals surface area contributed by atoms with Crippen LogP contribution in [-0.4, -0.2) is 28.6 Å². The van der Waals surface area contributed by atoms with E-state index in [1.54, 1.807) is 12.1 Å². The number of hydrogen-bond donors (Lipinski definition) is 3. The maximum Gasteiger partial charge on any atom is 0.236 e. The molecule has 0 fully saturated rings. The van der Waals surface area contributed by atoms with E-state index in [1.807, 2.05) is 6.92 Å². The Hall–Kier alpha value is -1.62. The van der Waals surface area contributed by atoms with Gasteiger partial charge in [0.25, 0.3) is 0 Å². The lowest BCUT2D eigenvalue weighted by Gasteiger charge is -2.14. The fourth-order valence-electron chi connectivity index (χ4n) is 1.33. The van der Waals surface area contributed by atoms with Gasteiger partial charge < -0.3 is 15.7 Å². The highest BCUT2D eigenvalue weighted by Gasteiger charge is 2.12. The number of pyridine rings is 1. The van der Waals surface area contributed by atoms with Crippen LogP contribution >= 0.6 is 0 Å². The van der Waals surface area contributed by atoms with Crippen molar-refractivity contribution < 1.29 is 9.90 Å². The van der Waals surface area contributed by atoms with Crippen LogP contribution in [0.3, 0.4) is 0 Å². The molecule has 1 unspecified atom stereocenters. The van der Waals surface area contributed by atoms with Gasteiger partial charge in [0.2, 0.25) is 5.91 Å². The van der Waals surface area contributed by atoms with Crippen LogP contribution in [0.1, 0.15) is 26.5 Å². The van der Waals surface area contributed by atoms with Crippen molar-refractivity contribution in [3.05, 3.63) is 24.0 Å². The van der Waals surface area contributed by atoms with Crippen molar-refractivity contribution in [2.75, 3.05) is 6.54 Å². The molecule has 0 aromatic carbocycles. The van der Waals surface area contributed by atoms with Gasteiger partial charge in [0, 0.05) is 13.1 Å². The van der Waals surface area contributed by atoms with Gasteiger partial charge in [-0.05, 0) is 25.0 Å². The van der Waals surface area contributed by atoms with Gasteiger partial charge in [0.15, 0.2) is 0 Å². The Labute approximate surface area is 108 Å². The third-order valence-corrected chi connectivity index (χ3v) is 2.48. The van der Waals surface area contributed by atoms with Crippen LogP contribution in [0.25, 0.3) is 0 Å². The fourth-order valence-corrected chi connectivity index (χ4v) is 1.33. The van der Waals surface area contributed by atoms with Crippen molar-refractivity contribution in [1.29, 1.82) is 0 Å². The number of hydrogen-bond acceptors (Lipinski definition) is 4. The molecule has 5 nitrogen and oxygen atoms in total. The van der Waals surface area contributed by atoms with Crippen molar-refractivity contribution in [2.45, 2.75) is 33.4 Å². The van der Waals surface area contributed by atoms with E-state index in [4.69, 9.17) is 5.11 Å². The zero-order chi connectivity index (χ0) is 13.5. The molecule has 1 aromatic heterocycles. The molecule has 0 saturated carbocycles. The van der Waals surface area contributed by atoms with Crippen molar-refractivity contribution in [3.8, 4) is 5.75 Å². The molecule has 0 spiro atoms. The second kappa shape index (κ2) is 6.96. The highest BCUT2D eigenvalue weighted by atomic mass is 16.3.